The molecule has 28 heavy (non-hydrogen) atoms. The number of rotatable bonds is 7. The highest BCUT2D eigenvalue weighted by molar-refractivity contribution is 7.92. The highest BCUT2D eigenvalue weighted by atomic mass is 35.5. The zero-order valence-electron chi connectivity index (χ0n) is 15.7. The van der Waals surface area contributed by atoms with Gasteiger partial charge in [0.1, 0.15) is 0 Å². The number of benzene rings is 2. The van der Waals surface area contributed by atoms with Gasteiger partial charge >= 0.3 is 0 Å². The fourth-order valence-electron chi connectivity index (χ4n) is 2.33. The van der Waals surface area contributed by atoms with Gasteiger partial charge in [-0.15, -0.1) is 0 Å². The lowest BCUT2D eigenvalue weighted by molar-refractivity contribution is 0.0940. The molecule has 0 aliphatic rings. The normalized spacial score (nSPS) is 12.1. The minimum Gasteiger partial charge on any atom is -0.350 e. The summed E-state index contributed by atoms with van der Waals surface area (Å²) in [6.07, 6.45) is 1.79. The van der Waals surface area contributed by atoms with Crippen LogP contribution in [-0.2, 0) is 10.0 Å². The number of carbonyl (C=O) groups excluding carboxylic acids is 2. The molecular weight excluding hydrogens is 402 g/mol. The van der Waals surface area contributed by atoms with E-state index in [1.54, 1.807) is 24.3 Å². The summed E-state index contributed by atoms with van der Waals surface area (Å²) in [5.41, 5.74) is 1.11. The Morgan fingerprint density at radius 3 is 2.36 bits per heavy atom. The number of carbonyl (C=O) groups is 2. The molecule has 2 rings (SSSR count). The predicted octanol–water partition coefficient (Wildman–Crippen LogP) is 3.49. The third-order valence-electron chi connectivity index (χ3n) is 3.94. The van der Waals surface area contributed by atoms with E-state index in [9.17, 15) is 18.0 Å². The quantitative estimate of drug-likeness (QED) is 0.633. The van der Waals surface area contributed by atoms with Crippen LogP contribution < -0.4 is 15.4 Å². The Morgan fingerprint density at radius 2 is 1.75 bits per heavy atom. The van der Waals surface area contributed by atoms with E-state index in [1.807, 2.05) is 13.8 Å². The number of halogens is 1. The third-order valence-corrected chi connectivity index (χ3v) is 4.84. The van der Waals surface area contributed by atoms with E-state index in [4.69, 9.17) is 11.6 Å². The Balaban J connectivity index is 2.22. The van der Waals surface area contributed by atoms with Gasteiger partial charge in [0.05, 0.1) is 28.2 Å². The first-order valence-electron chi connectivity index (χ1n) is 8.59. The molecule has 0 aliphatic carbocycles. The lowest BCUT2D eigenvalue weighted by atomic mass is 10.1. The molecule has 0 saturated heterocycles. The monoisotopic (exact) mass is 423 g/mol. The molecular formula is C19H22ClN3O4S. The smallest absolute Gasteiger partial charge is 0.255 e. The van der Waals surface area contributed by atoms with Gasteiger partial charge in [0.2, 0.25) is 10.0 Å². The molecule has 2 amide bonds. The zero-order valence-corrected chi connectivity index (χ0v) is 17.3. The predicted molar refractivity (Wildman–Crippen MR) is 112 cm³/mol. The number of amides is 2. The van der Waals surface area contributed by atoms with Crippen LogP contribution in [0.25, 0.3) is 0 Å². The fraction of sp³-hybridized carbons (Fsp3) is 0.263. The highest BCUT2D eigenvalue weighted by Crippen LogP contribution is 2.25. The van der Waals surface area contributed by atoms with E-state index in [2.05, 4.69) is 15.4 Å². The first kappa shape index (κ1) is 21.7. The van der Waals surface area contributed by atoms with Gasteiger partial charge in [0, 0.05) is 11.6 Å². The molecule has 7 nitrogen and oxygen atoms in total. The van der Waals surface area contributed by atoms with E-state index in [-0.39, 0.29) is 28.2 Å². The number of anilines is 2. The van der Waals surface area contributed by atoms with Crippen molar-refractivity contribution in [2.24, 2.45) is 0 Å². The molecule has 1 atom stereocenters. The summed E-state index contributed by atoms with van der Waals surface area (Å²) in [5, 5.41) is 5.64. The van der Waals surface area contributed by atoms with Crippen molar-refractivity contribution in [2.45, 2.75) is 26.3 Å². The Morgan fingerprint density at radius 1 is 1.07 bits per heavy atom. The average molecular weight is 424 g/mol. The number of sulfonamides is 1. The summed E-state index contributed by atoms with van der Waals surface area (Å²) in [4.78, 5) is 25.0. The van der Waals surface area contributed by atoms with E-state index in [0.29, 0.717) is 11.3 Å². The maximum absolute atomic E-state index is 12.6. The molecule has 9 heteroatoms. The van der Waals surface area contributed by atoms with Crippen LogP contribution >= 0.6 is 11.6 Å². The van der Waals surface area contributed by atoms with E-state index >= 15 is 0 Å². The van der Waals surface area contributed by atoms with E-state index in [0.717, 1.165) is 12.7 Å². The van der Waals surface area contributed by atoms with Gasteiger partial charge < -0.3 is 10.6 Å². The number of nitrogens with one attached hydrogen (secondary N) is 3. The lowest BCUT2D eigenvalue weighted by Gasteiger charge is -2.15. The summed E-state index contributed by atoms with van der Waals surface area (Å²) in [6, 6.07) is 10.9. The van der Waals surface area contributed by atoms with Crippen LogP contribution in [-0.4, -0.2) is 32.5 Å². The Kier molecular flexibility index (Phi) is 7.04. The van der Waals surface area contributed by atoms with Gasteiger partial charge in [0.15, 0.2) is 0 Å². The fourth-order valence-corrected chi connectivity index (χ4v) is 3.19. The number of hydrogen-bond donors (Lipinski definition) is 3. The van der Waals surface area contributed by atoms with Crippen molar-refractivity contribution in [2.75, 3.05) is 16.3 Å². The molecule has 2 aromatic carbocycles. The molecule has 0 bridgehead atoms. The van der Waals surface area contributed by atoms with Gasteiger partial charge in [-0.05, 0) is 43.7 Å². The van der Waals surface area contributed by atoms with Gasteiger partial charge in [-0.1, -0.05) is 30.7 Å². The van der Waals surface area contributed by atoms with Crippen LogP contribution in [0.3, 0.4) is 0 Å². The molecule has 1 unspecified atom stereocenters. The lowest BCUT2D eigenvalue weighted by Crippen LogP contribution is -2.32. The van der Waals surface area contributed by atoms with Crippen molar-refractivity contribution in [3.63, 3.8) is 0 Å². The van der Waals surface area contributed by atoms with Crippen LogP contribution in [0.1, 0.15) is 41.0 Å². The topological polar surface area (TPSA) is 104 Å². The Hall–Kier alpha value is -2.58. The van der Waals surface area contributed by atoms with Gasteiger partial charge in [-0.3, -0.25) is 14.3 Å². The molecule has 0 aliphatic heterocycles. The summed E-state index contributed by atoms with van der Waals surface area (Å²) >= 11 is 6.07. The van der Waals surface area contributed by atoms with Crippen LogP contribution in [0.5, 0.6) is 0 Å². The minimum absolute atomic E-state index is 0.00459. The van der Waals surface area contributed by atoms with Gasteiger partial charge in [-0.25, -0.2) is 8.42 Å². The van der Waals surface area contributed by atoms with Crippen molar-refractivity contribution in [1.82, 2.24) is 5.32 Å². The van der Waals surface area contributed by atoms with Gasteiger partial charge in [0.25, 0.3) is 11.8 Å². The minimum atomic E-state index is -3.49. The standard InChI is InChI=1S/C19H22ClN3O4S/c1-4-12(2)21-19(25)14-7-5-6-8-16(14)22-18(24)13-9-10-17(15(20)11-13)23-28(3,26)27/h5-12,23H,4H2,1-3H3,(H,21,25)(H,22,24). The largest absolute Gasteiger partial charge is 0.350 e. The second kappa shape index (κ2) is 9.07. The van der Waals surface area contributed by atoms with Crippen molar-refractivity contribution in [1.29, 1.82) is 0 Å². The first-order valence-corrected chi connectivity index (χ1v) is 10.9. The molecule has 150 valence electrons. The molecule has 0 aromatic heterocycles. The molecule has 2 aromatic rings. The van der Waals surface area contributed by atoms with Gasteiger partial charge in [-0.2, -0.15) is 0 Å². The summed E-state index contributed by atoms with van der Waals surface area (Å²) in [7, 11) is -3.49. The van der Waals surface area contributed by atoms with Crippen molar-refractivity contribution < 1.29 is 18.0 Å². The average Bonchev–Trinajstić information content (AvgIpc) is 2.62. The zero-order chi connectivity index (χ0) is 20.9. The van der Waals surface area contributed by atoms with Crippen LogP contribution in [0.4, 0.5) is 11.4 Å². The maximum Gasteiger partial charge on any atom is 0.255 e. The summed E-state index contributed by atoms with van der Waals surface area (Å²) < 4.78 is 24.9. The first-order chi connectivity index (χ1) is 13.1. The van der Waals surface area contributed by atoms with Crippen LogP contribution in [0.15, 0.2) is 42.5 Å². The van der Waals surface area contributed by atoms with Crippen molar-refractivity contribution in [3.05, 3.63) is 58.6 Å². The van der Waals surface area contributed by atoms with E-state index in [1.165, 1.54) is 18.2 Å². The van der Waals surface area contributed by atoms with E-state index < -0.39 is 15.9 Å². The molecule has 3 N–H and O–H groups in total. The number of para-hydroxylation sites is 1. The third kappa shape index (κ3) is 5.97. The molecule has 0 radical (unpaired) electrons. The second-order valence-electron chi connectivity index (χ2n) is 6.35. The second-order valence-corrected chi connectivity index (χ2v) is 8.51. The maximum atomic E-state index is 12.6. The Bertz CT molecular complexity index is 992. The molecule has 0 heterocycles. The van der Waals surface area contributed by atoms with Crippen molar-refractivity contribution in [3.8, 4) is 0 Å². The summed E-state index contributed by atoms with van der Waals surface area (Å²) in [6.45, 7) is 3.86. The highest BCUT2D eigenvalue weighted by Gasteiger charge is 2.16. The summed E-state index contributed by atoms with van der Waals surface area (Å²) in [5.74, 6) is -0.757. The Labute approximate surface area is 169 Å². The molecule has 0 fully saturated rings. The van der Waals surface area contributed by atoms with Crippen LogP contribution in [0, 0.1) is 0 Å². The van der Waals surface area contributed by atoms with Crippen LogP contribution in [0.2, 0.25) is 5.02 Å². The molecule has 0 saturated carbocycles. The SMILES string of the molecule is CCC(C)NC(=O)c1ccccc1NC(=O)c1ccc(NS(C)(=O)=O)c(Cl)c1. The van der Waals surface area contributed by atoms with Crippen molar-refractivity contribution >= 4 is 44.8 Å². The molecule has 0 spiro atoms. The number of hydrogen-bond acceptors (Lipinski definition) is 4.